The number of thiol groups is 2. The van der Waals surface area contributed by atoms with Crippen LogP contribution in [-0.4, -0.2) is 30.7 Å². The van der Waals surface area contributed by atoms with Gasteiger partial charge in [-0.05, 0) is 0 Å². The van der Waals surface area contributed by atoms with Crippen LogP contribution < -0.4 is 0 Å². The highest BCUT2D eigenvalue weighted by Gasteiger charge is 2.13. The molecule has 0 aromatic carbocycles. The van der Waals surface area contributed by atoms with Gasteiger partial charge < -0.3 is 14.2 Å². The van der Waals surface area contributed by atoms with Gasteiger partial charge in [-0.2, -0.15) is 0 Å². The molecule has 0 atom stereocenters. The van der Waals surface area contributed by atoms with Gasteiger partial charge in [0.1, 0.15) is 11.9 Å². The summed E-state index contributed by atoms with van der Waals surface area (Å²) in [6.07, 6.45) is 0.873. The van der Waals surface area contributed by atoms with Crippen LogP contribution in [0.25, 0.3) is 0 Å². The van der Waals surface area contributed by atoms with E-state index in [0.717, 1.165) is 13.2 Å². The molecule has 0 aliphatic rings. The van der Waals surface area contributed by atoms with Crippen molar-refractivity contribution in [1.29, 1.82) is 0 Å². The Kier molecular flexibility index (Phi) is 7.13. The Bertz CT molecular complexity index is 230. The Balaban J connectivity index is 4.38. The summed E-state index contributed by atoms with van der Waals surface area (Å²) < 4.78 is 13.7. The van der Waals surface area contributed by atoms with Crippen molar-refractivity contribution in [1.82, 2.24) is 0 Å². The summed E-state index contributed by atoms with van der Waals surface area (Å²) in [5.74, 6) is -1.94. The van der Waals surface area contributed by atoms with Crippen molar-refractivity contribution in [2.45, 2.75) is 0 Å². The molecule has 0 aromatic rings. The fourth-order valence-corrected chi connectivity index (χ4v) is 0.773. The van der Waals surface area contributed by atoms with Crippen LogP contribution in [0.4, 0.5) is 0 Å². The van der Waals surface area contributed by atoms with Gasteiger partial charge >= 0.3 is 5.97 Å². The van der Waals surface area contributed by atoms with Crippen LogP contribution >= 0.6 is 25.3 Å². The molecule has 0 radical (unpaired) electrons. The number of carbonyl (C=O) groups excluding carboxylic acids is 2. The number of rotatable bonds is 6. The molecule has 0 aliphatic heterocycles. The van der Waals surface area contributed by atoms with Crippen molar-refractivity contribution in [3.05, 3.63) is 12.0 Å². The summed E-state index contributed by atoms with van der Waals surface area (Å²) in [6, 6.07) is 0. The van der Waals surface area contributed by atoms with Crippen molar-refractivity contribution >= 4 is 37.0 Å². The molecule has 7 heteroatoms. The van der Waals surface area contributed by atoms with E-state index < -0.39 is 11.8 Å². The summed E-state index contributed by atoms with van der Waals surface area (Å²) in [5, 5.41) is 0. The van der Waals surface area contributed by atoms with E-state index in [1.54, 1.807) is 0 Å². The average molecular weight is 238 g/mol. The van der Waals surface area contributed by atoms with E-state index >= 15 is 0 Å². The second kappa shape index (κ2) is 7.57. The molecule has 0 aromatic heterocycles. The maximum absolute atomic E-state index is 11.0. The van der Waals surface area contributed by atoms with Crippen LogP contribution in [-0.2, 0) is 23.8 Å². The number of methoxy groups -OCH3 is 1. The van der Waals surface area contributed by atoms with Crippen LogP contribution in [0.1, 0.15) is 0 Å². The topological polar surface area (TPSA) is 61.8 Å². The highest BCUT2D eigenvalue weighted by Crippen LogP contribution is 2.02. The van der Waals surface area contributed by atoms with Gasteiger partial charge in [-0.3, -0.25) is 4.79 Å². The monoisotopic (exact) mass is 238 g/mol. The Hall–Kier alpha value is -0.820. The van der Waals surface area contributed by atoms with E-state index in [-0.39, 0.29) is 17.8 Å². The van der Waals surface area contributed by atoms with E-state index in [2.05, 4.69) is 30.0 Å². The molecule has 14 heavy (non-hydrogen) atoms. The predicted octanol–water partition coefficient (Wildman–Crippen LogP) is 0.378. The van der Waals surface area contributed by atoms with E-state index in [4.69, 9.17) is 9.47 Å². The molecule has 0 unspecified atom stereocenters. The first-order valence-corrected chi connectivity index (χ1v) is 4.73. The largest absolute Gasteiger partial charge is 0.463 e. The minimum atomic E-state index is -0.993. The molecule has 0 saturated carbocycles. The molecule has 5 nitrogen and oxygen atoms in total. The molecule has 0 rings (SSSR count). The van der Waals surface area contributed by atoms with Crippen LogP contribution in [0.3, 0.4) is 0 Å². The van der Waals surface area contributed by atoms with Crippen molar-refractivity contribution < 1.29 is 23.8 Å². The number of ether oxygens (including phenoxy) is 3. The minimum absolute atomic E-state index is 0.0219. The maximum atomic E-state index is 11.0. The lowest BCUT2D eigenvalue weighted by Gasteiger charge is -2.06. The Morgan fingerprint density at radius 2 is 1.71 bits per heavy atom. The lowest BCUT2D eigenvalue weighted by molar-refractivity contribution is -0.149. The molecule has 0 spiro atoms. The van der Waals surface area contributed by atoms with Crippen LogP contribution in [0, 0.1) is 0 Å². The molecule has 0 amide bonds. The molecule has 0 fully saturated rings. The van der Waals surface area contributed by atoms with E-state index in [9.17, 15) is 9.59 Å². The summed E-state index contributed by atoms with van der Waals surface area (Å²) in [4.78, 5) is 21.7. The van der Waals surface area contributed by atoms with Gasteiger partial charge in [0.25, 0.3) is 11.7 Å². The first-order valence-electron chi connectivity index (χ1n) is 3.47. The van der Waals surface area contributed by atoms with Crippen molar-refractivity contribution in [2.75, 3.05) is 19.0 Å². The third-order valence-corrected chi connectivity index (χ3v) is 1.31. The third-order valence-electron chi connectivity index (χ3n) is 1.05. The quantitative estimate of drug-likeness (QED) is 0.175. The first kappa shape index (κ1) is 13.2. The zero-order chi connectivity index (χ0) is 11.0. The smallest absolute Gasteiger partial charge is 0.379 e. The zero-order valence-corrected chi connectivity index (χ0v) is 9.22. The standard InChI is InChI=1S/C7H10O5S2/c1-10-7(9)5(8)2-6(11-3-13)12-4-14/h2,13-14H,3-4H2,1H3. The summed E-state index contributed by atoms with van der Waals surface area (Å²) in [7, 11) is 1.10. The molecule has 0 aliphatic carbocycles. The van der Waals surface area contributed by atoms with Gasteiger partial charge in [-0.25, -0.2) is 4.79 Å². The first-order chi connectivity index (χ1) is 6.65. The Morgan fingerprint density at radius 1 is 1.21 bits per heavy atom. The van der Waals surface area contributed by atoms with Gasteiger partial charge in [0, 0.05) is 0 Å². The second-order valence-corrected chi connectivity index (χ2v) is 2.38. The van der Waals surface area contributed by atoms with Gasteiger partial charge in [-0.1, -0.05) is 0 Å². The molecular formula is C7H10O5S2. The molecule has 0 bridgehead atoms. The fraction of sp³-hybridized carbons (Fsp3) is 0.429. The average Bonchev–Trinajstić information content (AvgIpc) is 2.17. The number of carbonyl (C=O) groups is 2. The molecule has 0 saturated heterocycles. The lowest BCUT2D eigenvalue weighted by Crippen LogP contribution is -2.14. The van der Waals surface area contributed by atoms with E-state index in [1.165, 1.54) is 0 Å². The van der Waals surface area contributed by atoms with Crippen molar-refractivity contribution in [3.8, 4) is 0 Å². The normalized spacial score (nSPS) is 8.79. The van der Waals surface area contributed by atoms with Crippen molar-refractivity contribution in [2.24, 2.45) is 0 Å². The Morgan fingerprint density at radius 3 is 2.07 bits per heavy atom. The summed E-state index contributed by atoms with van der Waals surface area (Å²) in [5.41, 5.74) is 0. The highest BCUT2D eigenvalue weighted by molar-refractivity contribution is 7.80. The number of hydrogen-bond acceptors (Lipinski definition) is 7. The molecule has 0 heterocycles. The van der Waals surface area contributed by atoms with Gasteiger partial charge in [0.05, 0.1) is 13.2 Å². The summed E-state index contributed by atoms with van der Waals surface area (Å²) >= 11 is 7.51. The minimum Gasteiger partial charge on any atom is -0.463 e. The predicted molar refractivity (Wildman–Crippen MR) is 55.0 cm³/mol. The zero-order valence-electron chi connectivity index (χ0n) is 7.43. The third kappa shape index (κ3) is 5.03. The molecule has 0 N–H and O–H groups in total. The van der Waals surface area contributed by atoms with E-state index in [0.29, 0.717) is 0 Å². The molecule has 80 valence electrons. The number of ketones is 1. The lowest BCUT2D eigenvalue weighted by atomic mass is 10.4. The molecular weight excluding hydrogens is 228 g/mol. The van der Waals surface area contributed by atoms with Gasteiger partial charge in [0.2, 0.25) is 0 Å². The Labute approximate surface area is 92.2 Å². The number of esters is 1. The SMILES string of the molecule is COC(=O)C(=O)C=C(OCS)OCS. The van der Waals surface area contributed by atoms with Crippen LogP contribution in [0.5, 0.6) is 0 Å². The van der Waals surface area contributed by atoms with Gasteiger partial charge in [-0.15, -0.1) is 25.3 Å². The fourth-order valence-electron chi connectivity index (χ4n) is 0.519. The van der Waals surface area contributed by atoms with Crippen molar-refractivity contribution in [3.63, 3.8) is 0 Å². The highest BCUT2D eigenvalue weighted by atomic mass is 32.1. The van der Waals surface area contributed by atoms with Crippen LogP contribution in [0.2, 0.25) is 0 Å². The second-order valence-electron chi connectivity index (χ2n) is 1.87. The number of hydrogen-bond donors (Lipinski definition) is 2. The summed E-state index contributed by atoms with van der Waals surface area (Å²) in [6.45, 7) is 0. The maximum Gasteiger partial charge on any atom is 0.379 e. The van der Waals surface area contributed by atoms with E-state index in [1.807, 2.05) is 0 Å². The van der Waals surface area contributed by atoms with Gasteiger partial charge in [0.15, 0.2) is 0 Å². The van der Waals surface area contributed by atoms with Crippen LogP contribution in [0.15, 0.2) is 12.0 Å².